The topological polar surface area (TPSA) is 109 Å². The van der Waals surface area contributed by atoms with Crippen molar-refractivity contribution in [2.75, 3.05) is 17.2 Å². The molecule has 4 rings (SSSR count). The fourth-order valence-corrected chi connectivity index (χ4v) is 5.13. The summed E-state index contributed by atoms with van der Waals surface area (Å²) < 4.78 is 5.98. The molecule has 0 saturated heterocycles. The fourth-order valence-electron chi connectivity index (χ4n) is 4.28. The van der Waals surface area contributed by atoms with Crippen LogP contribution in [0.25, 0.3) is 10.2 Å². The highest BCUT2D eigenvalue weighted by atomic mass is 32.1. The van der Waals surface area contributed by atoms with E-state index in [-0.39, 0.29) is 30.8 Å². The summed E-state index contributed by atoms with van der Waals surface area (Å²) in [6, 6.07) is 13.8. The van der Waals surface area contributed by atoms with Gasteiger partial charge in [-0.1, -0.05) is 60.9 Å². The van der Waals surface area contributed by atoms with Crippen molar-refractivity contribution in [3.05, 3.63) is 54.1 Å². The number of carbonyl (C=O) groups is 3. The number of anilines is 2. The summed E-state index contributed by atoms with van der Waals surface area (Å²) in [5.41, 5.74) is 2.07. The molecule has 1 saturated carbocycles. The predicted octanol–water partition coefficient (Wildman–Crippen LogP) is 5.63. The maximum Gasteiger partial charge on any atom is 0.319 e. The number of thiazole rings is 1. The van der Waals surface area contributed by atoms with Gasteiger partial charge in [-0.3, -0.25) is 9.59 Å². The van der Waals surface area contributed by atoms with Gasteiger partial charge in [0.2, 0.25) is 5.91 Å². The smallest absolute Gasteiger partial charge is 0.319 e. The average Bonchev–Trinajstić information content (AvgIpc) is 3.26. The van der Waals surface area contributed by atoms with E-state index in [0.29, 0.717) is 16.3 Å². The molecule has 1 aromatic heterocycles. The van der Waals surface area contributed by atoms with Crippen LogP contribution in [0.15, 0.2) is 48.5 Å². The van der Waals surface area contributed by atoms with E-state index in [1.54, 1.807) is 19.1 Å². The molecule has 9 heteroatoms. The van der Waals surface area contributed by atoms with E-state index >= 15 is 0 Å². The lowest BCUT2D eigenvalue weighted by Gasteiger charge is -2.19. The molecule has 0 spiro atoms. The maximum absolute atomic E-state index is 12.7. The molecule has 3 aromatic rings. The molecule has 1 heterocycles. The molecule has 3 amide bonds. The Morgan fingerprint density at radius 3 is 2.57 bits per heavy atom. The van der Waals surface area contributed by atoms with Crippen LogP contribution in [0.1, 0.15) is 57.1 Å². The minimum Gasteiger partial charge on any atom is -0.466 e. The lowest BCUT2D eigenvalue weighted by molar-refractivity contribution is -0.143. The van der Waals surface area contributed by atoms with Gasteiger partial charge in [0.05, 0.1) is 29.3 Å². The van der Waals surface area contributed by atoms with Crippen LogP contribution >= 0.6 is 11.3 Å². The van der Waals surface area contributed by atoms with Crippen molar-refractivity contribution in [1.29, 1.82) is 0 Å². The second-order valence-electron chi connectivity index (χ2n) is 8.60. The SMILES string of the molecule is CCOC(=O)CC(NC(=O)Nc1ccc2sc(NC(=O)C3CCCCC3)nc2c1)c1ccccc1. The highest BCUT2D eigenvalue weighted by molar-refractivity contribution is 7.22. The standard InChI is InChI=1S/C26H30N4O4S/c1-2-34-23(31)16-20(17-9-5-3-6-10-17)28-25(33)27-19-13-14-22-21(15-19)29-26(35-22)30-24(32)18-11-7-4-8-12-18/h3,5-6,9-10,13-15,18,20H,2,4,7-8,11-12,16H2,1H3,(H2,27,28,33)(H,29,30,32). The van der Waals surface area contributed by atoms with Crippen molar-refractivity contribution in [2.45, 2.75) is 51.5 Å². The Kier molecular flexibility index (Phi) is 8.31. The van der Waals surface area contributed by atoms with Crippen molar-refractivity contribution in [2.24, 2.45) is 5.92 Å². The first-order valence-corrected chi connectivity index (χ1v) is 12.8. The molecule has 1 atom stereocenters. The van der Waals surface area contributed by atoms with Crippen molar-refractivity contribution >= 4 is 50.3 Å². The quantitative estimate of drug-likeness (QED) is 0.352. The average molecular weight is 495 g/mol. The minimum atomic E-state index is -0.528. The predicted molar refractivity (Wildman–Crippen MR) is 137 cm³/mol. The number of ether oxygens (including phenoxy) is 1. The Balaban J connectivity index is 1.40. The van der Waals surface area contributed by atoms with Crippen LogP contribution in [-0.4, -0.2) is 29.5 Å². The summed E-state index contributed by atoms with van der Waals surface area (Å²) in [5, 5.41) is 9.20. The van der Waals surface area contributed by atoms with Gasteiger partial charge in [-0.05, 0) is 43.5 Å². The number of aromatic nitrogens is 1. The summed E-state index contributed by atoms with van der Waals surface area (Å²) in [6.07, 6.45) is 5.28. The van der Waals surface area contributed by atoms with E-state index in [0.717, 1.165) is 35.9 Å². The Labute approximate surface area is 208 Å². The molecule has 0 bridgehead atoms. The number of fused-ring (bicyclic) bond motifs is 1. The number of benzene rings is 2. The van der Waals surface area contributed by atoms with E-state index in [9.17, 15) is 14.4 Å². The summed E-state index contributed by atoms with van der Waals surface area (Å²) >= 11 is 1.41. The molecule has 8 nitrogen and oxygen atoms in total. The first-order valence-electron chi connectivity index (χ1n) is 12.0. The molecule has 184 valence electrons. The van der Waals surface area contributed by atoms with Gasteiger partial charge >= 0.3 is 12.0 Å². The lowest BCUT2D eigenvalue weighted by Crippen LogP contribution is -2.34. The largest absolute Gasteiger partial charge is 0.466 e. The van der Waals surface area contributed by atoms with Crippen LogP contribution in [0, 0.1) is 5.92 Å². The molecule has 1 aliphatic carbocycles. The number of nitrogens with one attached hydrogen (secondary N) is 3. The summed E-state index contributed by atoms with van der Waals surface area (Å²) in [4.78, 5) is 41.9. The molecule has 0 radical (unpaired) electrons. The summed E-state index contributed by atoms with van der Waals surface area (Å²) in [6.45, 7) is 2.03. The normalized spacial score (nSPS) is 14.8. The second-order valence-corrected chi connectivity index (χ2v) is 9.63. The van der Waals surface area contributed by atoms with Crippen LogP contribution in [0.3, 0.4) is 0 Å². The van der Waals surface area contributed by atoms with Crippen LogP contribution < -0.4 is 16.0 Å². The Bertz CT molecular complexity index is 1170. The van der Waals surface area contributed by atoms with Gasteiger partial charge < -0.3 is 20.7 Å². The zero-order valence-electron chi connectivity index (χ0n) is 19.7. The van der Waals surface area contributed by atoms with Crippen LogP contribution in [0.2, 0.25) is 0 Å². The molecule has 3 N–H and O–H groups in total. The van der Waals surface area contributed by atoms with E-state index in [1.807, 2.05) is 36.4 Å². The van der Waals surface area contributed by atoms with Crippen molar-refractivity contribution in [3.63, 3.8) is 0 Å². The molecular formula is C26H30N4O4S. The molecule has 1 aliphatic rings. The second kappa shape index (κ2) is 11.8. The van der Waals surface area contributed by atoms with Crippen molar-refractivity contribution < 1.29 is 19.1 Å². The number of urea groups is 1. The van der Waals surface area contributed by atoms with E-state index in [1.165, 1.54) is 17.8 Å². The van der Waals surface area contributed by atoms with Gasteiger partial charge in [0.25, 0.3) is 0 Å². The number of nitrogens with zero attached hydrogens (tertiary/aromatic N) is 1. The number of hydrogen-bond donors (Lipinski definition) is 3. The third kappa shape index (κ3) is 6.79. The first-order chi connectivity index (χ1) is 17.0. The Hall–Kier alpha value is -3.46. The molecule has 35 heavy (non-hydrogen) atoms. The number of esters is 1. The molecular weight excluding hydrogens is 464 g/mol. The van der Waals surface area contributed by atoms with Gasteiger partial charge in [-0.2, -0.15) is 0 Å². The van der Waals surface area contributed by atoms with Crippen LogP contribution in [0.5, 0.6) is 0 Å². The van der Waals surface area contributed by atoms with E-state index < -0.39 is 12.1 Å². The number of carbonyl (C=O) groups excluding carboxylic acids is 3. The fraction of sp³-hybridized carbons (Fsp3) is 0.385. The Morgan fingerprint density at radius 2 is 1.83 bits per heavy atom. The summed E-state index contributed by atoms with van der Waals surface area (Å²) in [7, 11) is 0. The van der Waals surface area contributed by atoms with Gasteiger partial charge in [0.1, 0.15) is 0 Å². The highest BCUT2D eigenvalue weighted by Crippen LogP contribution is 2.30. The molecule has 1 unspecified atom stereocenters. The highest BCUT2D eigenvalue weighted by Gasteiger charge is 2.22. The van der Waals surface area contributed by atoms with E-state index in [2.05, 4.69) is 20.9 Å². The third-order valence-corrected chi connectivity index (χ3v) is 6.99. The van der Waals surface area contributed by atoms with E-state index in [4.69, 9.17) is 4.74 Å². The maximum atomic E-state index is 12.7. The van der Waals surface area contributed by atoms with Gasteiger partial charge in [-0.25, -0.2) is 9.78 Å². The number of hydrogen-bond acceptors (Lipinski definition) is 6. The molecule has 2 aromatic carbocycles. The monoisotopic (exact) mass is 494 g/mol. The van der Waals surface area contributed by atoms with Crippen LogP contribution in [0.4, 0.5) is 15.6 Å². The minimum absolute atomic E-state index is 0.0282. The summed E-state index contributed by atoms with van der Waals surface area (Å²) in [5.74, 6) is -0.285. The Morgan fingerprint density at radius 1 is 1.06 bits per heavy atom. The zero-order valence-corrected chi connectivity index (χ0v) is 20.5. The van der Waals surface area contributed by atoms with Crippen molar-refractivity contribution in [3.8, 4) is 0 Å². The zero-order chi connectivity index (χ0) is 24.6. The van der Waals surface area contributed by atoms with Crippen molar-refractivity contribution in [1.82, 2.24) is 10.3 Å². The molecule has 1 fully saturated rings. The van der Waals surface area contributed by atoms with Crippen LogP contribution in [-0.2, 0) is 14.3 Å². The first kappa shape index (κ1) is 24.7. The number of amides is 3. The number of rotatable bonds is 8. The third-order valence-electron chi connectivity index (χ3n) is 6.03. The lowest BCUT2D eigenvalue weighted by atomic mass is 9.89. The van der Waals surface area contributed by atoms with Gasteiger partial charge in [0, 0.05) is 11.6 Å². The van der Waals surface area contributed by atoms with Gasteiger partial charge in [0.15, 0.2) is 5.13 Å². The molecule has 0 aliphatic heterocycles. The van der Waals surface area contributed by atoms with Gasteiger partial charge in [-0.15, -0.1) is 0 Å².